The number of ether oxygens (including phenoxy) is 3. The predicted molar refractivity (Wildman–Crippen MR) is 122 cm³/mol. The Morgan fingerprint density at radius 1 is 1.06 bits per heavy atom. The number of carbonyl (C=O) groups is 1. The zero-order valence-electron chi connectivity index (χ0n) is 18.0. The Hall–Kier alpha value is -3.01. The molecule has 0 saturated carbocycles. The normalized spacial score (nSPS) is 19.1. The van der Waals surface area contributed by atoms with Gasteiger partial charge in [-0.1, -0.05) is 30.3 Å². The Bertz CT molecular complexity index is 1150. The number of Topliss-reactive ketones (excluding diaryl/α,β-unsaturated/α-hetero) is 1. The molecule has 8 nitrogen and oxygen atoms in total. The summed E-state index contributed by atoms with van der Waals surface area (Å²) in [6.45, 7) is 0. The van der Waals surface area contributed by atoms with Gasteiger partial charge >= 0.3 is 10.1 Å². The molecule has 0 unspecified atom stereocenters. The molecule has 0 fully saturated rings. The van der Waals surface area contributed by atoms with Crippen LogP contribution in [0.15, 0.2) is 60.2 Å². The third-order valence-electron chi connectivity index (χ3n) is 5.39. The van der Waals surface area contributed by atoms with Crippen molar-refractivity contribution in [3.8, 4) is 11.5 Å². The highest BCUT2D eigenvalue weighted by molar-refractivity contribution is 7.90. The fourth-order valence-corrected chi connectivity index (χ4v) is 4.29. The number of rotatable bonds is 7. The summed E-state index contributed by atoms with van der Waals surface area (Å²) in [7, 11) is 3.03. The molecular weight excluding hydrogens is 419 g/mol. The van der Waals surface area contributed by atoms with Crippen molar-refractivity contribution in [2.45, 2.75) is 10.0 Å². The molecule has 0 aromatic heterocycles. The van der Waals surface area contributed by atoms with Gasteiger partial charge in [0.2, 0.25) is 17.4 Å². The van der Waals surface area contributed by atoms with Gasteiger partial charge in [0.05, 0.1) is 18.8 Å². The van der Waals surface area contributed by atoms with Gasteiger partial charge in [-0.25, -0.2) is 0 Å². The van der Waals surface area contributed by atoms with Gasteiger partial charge in [-0.2, -0.15) is 8.42 Å². The van der Waals surface area contributed by atoms with Crippen LogP contribution in [0.2, 0.25) is 0 Å². The molecule has 0 aliphatic carbocycles. The Kier molecular flexibility index (Phi) is 5.79. The molecule has 1 aliphatic heterocycles. The largest absolute Gasteiger partial charge is 0.497 e. The number of hydrogen-bond donors (Lipinski definition) is 1. The molecule has 0 bridgehead atoms. The van der Waals surface area contributed by atoms with Crippen LogP contribution in [0.3, 0.4) is 0 Å². The van der Waals surface area contributed by atoms with E-state index in [1.165, 1.54) is 37.8 Å². The zero-order valence-corrected chi connectivity index (χ0v) is 18.8. The lowest BCUT2D eigenvalue weighted by atomic mass is 9.65. The molecule has 1 heterocycles. The van der Waals surface area contributed by atoms with E-state index in [0.29, 0.717) is 22.6 Å². The maximum Gasteiger partial charge on any atom is 0.304 e. The van der Waals surface area contributed by atoms with E-state index in [1.54, 1.807) is 48.5 Å². The molecule has 31 heavy (non-hydrogen) atoms. The van der Waals surface area contributed by atoms with Crippen molar-refractivity contribution in [1.29, 1.82) is 0 Å². The Balaban J connectivity index is 1.99. The van der Waals surface area contributed by atoms with Crippen LogP contribution in [-0.2, 0) is 33.9 Å². The summed E-state index contributed by atoms with van der Waals surface area (Å²) in [5.41, 5.74) is 5.07. The molecule has 2 N–H and O–H groups in total. The second kappa shape index (κ2) is 7.92. The van der Waals surface area contributed by atoms with E-state index in [0.717, 1.165) is 0 Å². The summed E-state index contributed by atoms with van der Waals surface area (Å²) in [6, 6.07) is 13.4. The van der Waals surface area contributed by atoms with Gasteiger partial charge in [-0.3, -0.25) is 4.79 Å². The Morgan fingerprint density at radius 3 is 2.29 bits per heavy atom. The van der Waals surface area contributed by atoms with E-state index in [9.17, 15) is 13.2 Å². The van der Waals surface area contributed by atoms with Crippen LogP contribution in [0.25, 0.3) is 0 Å². The summed E-state index contributed by atoms with van der Waals surface area (Å²) in [4.78, 5) is 13.3. The first-order valence-electron chi connectivity index (χ1n) is 9.43. The lowest BCUT2D eigenvalue weighted by molar-refractivity contribution is -0.126. The monoisotopic (exact) mass is 441 g/mol. The molecule has 0 amide bonds. The van der Waals surface area contributed by atoms with Crippen LogP contribution in [0.4, 0.5) is 0 Å². The Labute approximate surface area is 184 Å². The summed E-state index contributed by atoms with van der Waals surface area (Å²) < 4.78 is 46.3. The molecule has 0 spiro atoms. The fraction of sp³-hybridized carbons (Fsp3) is 0.211. The molecule has 0 saturated heterocycles. The molecule has 2 aromatic carbocycles. The summed E-state index contributed by atoms with van der Waals surface area (Å²) in [5.74, 6) is -0.942. The smallest absolute Gasteiger partial charge is 0.304 e. The van der Waals surface area contributed by atoms with Crippen molar-refractivity contribution in [3.05, 3.63) is 71.3 Å². The van der Waals surface area contributed by atoms with Crippen molar-refractivity contribution in [2.75, 3.05) is 14.2 Å². The first kappa shape index (κ1) is 22.7. The van der Waals surface area contributed by atoms with Crippen LogP contribution in [0.5, 0.6) is 11.5 Å². The van der Waals surface area contributed by atoms with Gasteiger partial charge in [0.15, 0.2) is 13.3 Å². The average molecular weight is 441 g/mol. The number of benzene rings is 2. The maximum absolute atomic E-state index is 13.3. The minimum absolute atomic E-state index is 0.320. The molecular formula is C19H22B3NO7S. The molecule has 12 heteroatoms. The van der Waals surface area contributed by atoms with E-state index in [4.69, 9.17) is 24.1 Å². The van der Waals surface area contributed by atoms with Crippen LogP contribution in [-0.4, -0.2) is 52.0 Å². The minimum atomic E-state index is -4.32. The van der Waals surface area contributed by atoms with Crippen LogP contribution in [0, 0.1) is 0 Å². The number of carbonyl (C=O) groups excluding carboxylic acids is 1. The van der Waals surface area contributed by atoms with Crippen LogP contribution >= 0.6 is 0 Å². The van der Waals surface area contributed by atoms with Crippen molar-refractivity contribution >= 4 is 39.4 Å². The van der Waals surface area contributed by atoms with E-state index < -0.39 is 37.6 Å². The second-order valence-electron chi connectivity index (χ2n) is 7.64. The van der Waals surface area contributed by atoms with E-state index >= 15 is 0 Å². The summed E-state index contributed by atoms with van der Waals surface area (Å²) in [6.07, 6.45) is 0. The lowest BCUT2D eigenvalue weighted by Crippen LogP contribution is -2.40. The first-order chi connectivity index (χ1) is 14.5. The third kappa shape index (κ3) is 3.76. The number of hydrogen-bond acceptors (Lipinski definition) is 8. The standard InChI is InChI=1S/C19H22B3NO7S/c1-27-12-8-9-14(28-2)13(10-12)18(20)16(24)15(17(23)29-18)30-31(25,26)19(21,22)11-6-4-3-5-7-11/h3-10H,20-23H2,1-2H3/t18-/m0/s1. The van der Waals surface area contributed by atoms with Gasteiger partial charge in [0, 0.05) is 5.56 Å². The van der Waals surface area contributed by atoms with Crippen LogP contribution in [0.1, 0.15) is 11.1 Å². The van der Waals surface area contributed by atoms with Gasteiger partial charge in [0.1, 0.15) is 27.2 Å². The highest BCUT2D eigenvalue weighted by Crippen LogP contribution is 2.42. The average Bonchev–Trinajstić information content (AvgIpc) is 2.97. The predicted octanol–water partition coefficient (Wildman–Crippen LogP) is -1.36. The number of nitrogens with two attached hydrogens (primary N) is 1. The van der Waals surface area contributed by atoms with Crippen molar-refractivity contribution in [1.82, 2.24) is 0 Å². The third-order valence-corrected chi connectivity index (χ3v) is 7.26. The molecule has 0 radical (unpaired) electrons. The molecule has 3 rings (SSSR count). The van der Waals surface area contributed by atoms with Crippen molar-refractivity contribution in [2.24, 2.45) is 5.73 Å². The topological polar surface area (TPSA) is 114 Å². The van der Waals surface area contributed by atoms with Gasteiger partial charge in [-0.15, -0.1) is 0 Å². The zero-order chi connectivity index (χ0) is 23.0. The lowest BCUT2D eigenvalue weighted by Gasteiger charge is -2.26. The summed E-state index contributed by atoms with van der Waals surface area (Å²) >= 11 is 0. The summed E-state index contributed by atoms with van der Waals surface area (Å²) in [5, 5.41) is 0. The van der Waals surface area contributed by atoms with Crippen LogP contribution < -0.4 is 15.2 Å². The van der Waals surface area contributed by atoms with Crippen molar-refractivity contribution in [3.63, 3.8) is 0 Å². The number of ketones is 1. The quantitative estimate of drug-likeness (QED) is 0.415. The van der Waals surface area contributed by atoms with E-state index in [-0.39, 0.29) is 0 Å². The second-order valence-corrected chi connectivity index (χ2v) is 9.73. The first-order valence-corrected chi connectivity index (χ1v) is 10.8. The van der Waals surface area contributed by atoms with Gasteiger partial charge < -0.3 is 24.1 Å². The maximum atomic E-state index is 13.3. The minimum Gasteiger partial charge on any atom is -0.497 e. The Morgan fingerprint density at radius 2 is 1.71 bits per heavy atom. The van der Waals surface area contributed by atoms with E-state index in [2.05, 4.69) is 0 Å². The molecule has 1 aliphatic rings. The number of methoxy groups -OCH3 is 2. The SMILES string of the molecule is BC(B)(c1ccccc1)S(=O)(=O)OC1=C(N)O[C@@](B)(c2cc(OC)ccc2OC)C1=O. The van der Waals surface area contributed by atoms with E-state index in [1.807, 2.05) is 0 Å². The highest BCUT2D eigenvalue weighted by Gasteiger charge is 2.52. The fourth-order valence-electron chi connectivity index (χ4n) is 3.28. The molecule has 1 atom stereocenters. The molecule has 160 valence electrons. The van der Waals surface area contributed by atoms with Crippen molar-refractivity contribution < 1.29 is 31.6 Å². The van der Waals surface area contributed by atoms with Gasteiger partial charge in [-0.05, 0) is 23.8 Å². The molecule has 2 aromatic rings. The highest BCUT2D eigenvalue weighted by atomic mass is 32.2. The van der Waals surface area contributed by atoms with Gasteiger partial charge in [0.25, 0.3) is 0 Å².